The first kappa shape index (κ1) is 24.7. The lowest BCUT2D eigenvalue weighted by atomic mass is 9.34. The van der Waals surface area contributed by atoms with Crippen molar-refractivity contribution in [1.29, 1.82) is 0 Å². The molecule has 0 bridgehead atoms. The molecule has 0 radical (unpaired) electrons. The molecule has 42 heavy (non-hydrogen) atoms. The zero-order chi connectivity index (χ0) is 28.1. The number of para-hydroxylation sites is 3. The minimum Gasteiger partial charge on any atom is -0.335 e. The average Bonchev–Trinajstić information content (AvgIpc) is 3.25. The molecule has 5 aromatic rings. The van der Waals surface area contributed by atoms with E-state index < -0.39 is 0 Å². The van der Waals surface area contributed by atoms with Crippen LogP contribution >= 0.6 is 11.8 Å². The van der Waals surface area contributed by atoms with Crippen LogP contribution in [0.15, 0.2) is 125 Å². The van der Waals surface area contributed by atoms with Crippen molar-refractivity contribution in [3.05, 3.63) is 121 Å². The Bertz CT molecular complexity index is 1830. The second-order valence-electron chi connectivity index (χ2n) is 12.8. The predicted molar refractivity (Wildman–Crippen MR) is 179 cm³/mol. The van der Waals surface area contributed by atoms with Crippen molar-refractivity contribution >= 4 is 63.3 Å². The Balaban J connectivity index is 1.31. The van der Waals surface area contributed by atoms with E-state index in [1.165, 1.54) is 80.3 Å². The Kier molecular flexibility index (Phi) is 5.18. The lowest BCUT2D eigenvalue weighted by molar-refractivity contribution is 0.195. The number of hydrogen-bond donors (Lipinski definition) is 0. The van der Waals surface area contributed by atoms with Gasteiger partial charge in [0.2, 0.25) is 6.71 Å². The molecular weight excluding hydrogens is 527 g/mol. The van der Waals surface area contributed by atoms with Gasteiger partial charge in [-0.25, -0.2) is 0 Å². The highest BCUT2D eigenvalue weighted by atomic mass is 32.2. The van der Waals surface area contributed by atoms with Gasteiger partial charge in [0.25, 0.3) is 0 Å². The van der Waals surface area contributed by atoms with Crippen molar-refractivity contribution in [2.24, 2.45) is 0 Å². The largest absolute Gasteiger partial charge is 0.335 e. The molecule has 0 aromatic heterocycles. The molecule has 9 rings (SSSR count). The monoisotopic (exact) mass is 560 g/mol. The normalized spacial score (nSPS) is 22.6. The molecule has 3 heterocycles. The molecule has 3 aliphatic heterocycles. The smallest absolute Gasteiger partial charge is 0.249 e. The number of benzene rings is 5. The number of hydrogen-bond acceptors (Lipinski definition) is 3. The maximum absolute atomic E-state index is 2.79. The summed E-state index contributed by atoms with van der Waals surface area (Å²) in [6.07, 6.45) is 5.12. The molecular formula is C38H33BN2S. The van der Waals surface area contributed by atoms with Crippen LogP contribution in [0.2, 0.25) is 0 Å². The van der Waals surface area contributed by atoms with Gasteiger partial charge in [0.1, 0.15) is 0 Å². The van der Waals surface area contributed by atoms with Gasteiger partial charge in [-0.15, -0.1) is 0 Å². The van der Waals surface area contributed by atoms with Crippen molar-refractivity contribution in [1.82, 2.24) is 0 Å². The van der Waals surface area contributed by atoms with Crippen LogP contribution in [0.1, 0.15) is 45.1 Å². The molecule has 0 saturated heterocycles. The first-order valence-electron chi connectivity index (χ1n) is 15.4. The Morgan fingerprint density at radius 3 is 2.12 bits per heavy atom. The van der Waals surface area contributed by atoms with E-state index in [4.69, 9.17) is 0 Å². The second-order valence-corrected chi connectivity index (χ2v) is 13.9. The molecule has 1 fully saturated rings. The number of rotatable bonds is 3. The fourth-order valence-corrected chi connectivity index (χ4v) is 10.00. The van der Waals surface area contributed by atoms with Crippen molar-refractivity contribution in [2.45, 2.75) is 60.3 Å². The molecule has 2 unspecified atom stereocenters. The molecule has 0 spiro atoms. The van der Waals surface area contributed by atoms with Crippen LogP contribution in [0.3, 0.4) is 0 Å². The maximum atomic E-state index is 2.79. The van der Waals surface area contributed by atoms with Gasteiger partial charge in [0, 0.05) is 38.0 Å². The third-order valence-corrected chi connectivity index (χ3v) is 12.1. The summed E-state index contributed by atoms with van der Waals surface area (Å²) in [5, 5.41) is 0. The number of anilines is 5. The van der Waals surface area contributed by atoms with E-state index in [0.29, 0.717) is 0 Å². The summed E-state index contributed by atoms with van der Waals surface area (Å²) < 4.78 is 0. The summed E-state index contributed by atoms with van der Waals surface area (Å²) in [7, 11) is 0. The number of nitrogens with zero attached hydrogens (tertiary/aromatic N) is 2. The summed E-state index contributed by atoms with van der Waals surface area (Å²) in [4.78, 5) is 7.98. The summed E-state index contributed by atoms with van der Waals surface area (Å²) in [5.74, 6) is 0. The topological polar surface area (TPSA) is 6.48 Å². The predicted octanol–water partition coefficient (Wildman–Crippen LogP) is 8.19. The van der Waals surface area contributed by atoms with Gasteiger partial charge in [0.05, 0.1) is 11.2 Å². The van der Waals surface area contributed by atoms with Crippen LogP contribution < -0.4 is 26.2 Å². The highest BCUT2D eigenvalue weighted by Crippen LogP contribution is 2.61. The Hall–Kier alpha value is -3.89. The van der Waals surface area contributed by atoms with E-state index in [-0.39, 0.29) is 17.7 Å². The molecule has 1 aliphatic carbocycles. The fraction of sp³-hybridized carbons (Fsp3) is 0.211. The van der Waals surface area contributed by atoms with E-state index in [0.717, 1.165) is 0 Å². The molecule has 204 valence electrons. The SMILES string of the molecule is CC12CCCCC1(C)N1c3cccc4c3B(c3cccc(N(c5ccccc5)c5ccccc5)c3S4)c3cccc2c31. The van der Waals surface area contributed by atoms with E-state index in [2.05, 4.69) is 139 Å². The van der Waals surface area contributed by atoms with Gasteiger partial charge < -0.3 is 9.80 Å². The zero-order valence-corrected chi connectivity index (χ0v) is 25.0. The Morgan fingerprint density at radius 2 is 1.36 bits per heavy atom. The maximum Gasteiger partial charge on any atom is 0.249 e. The molecule has 4 heteroatoms. The van der Waals surface area contributed by atoms with Crippen molar-refractivity contribution in [2.75, 3.05) is 9.80 Å². The first-order chi connectivity index (χ1) is 20.6. The van der Waals surface area contributed by atoms with Gasteiger partial charge >= 0.3 is 0 Å². The van der Waals surface area contributed by atoms with Crippen LogP contribution in [-0.2, 0) is 5.41 Å². The summed E-state index contributed by atoms with van der Waals surface area (Å²) in [5.41, 5.74) is 12.7. The third kappa shape index (κ3) is 3.09. The highest BCUT2D eigenvalue weighted by molar-refractivity contribution is 8.00. The van der Waals surface area contributed by atoms with Crippen LogP contribution in [-0.4, -0.2) is 12.3 Å². The van der Waals surface area contributed by atoms with Crippen molar-refractivity contribution in [3.8, 4) is 0 Å². The van der Waals surface area contributed by atoms with Gasteiger partial charge in [0.15, 0.2) is 0 Å². The van der Waals surface area contributed by atoms with Gasteiger partial charge in [-0.3, -0.25) is 0 Å². The highest BCUT2D eigenvalue weighted by Gasteiger charge is 2.60. The number of fused-ring (bicyclic) bond motifs is 7. The Morgan fingerprint density at radius 1 is 0.690 bits per heavy atom. The minimum absolute atomic E-state index is 0.0913. The summed E-state index contributed by atoms with van der Waals surface area (Å²) in [6.45, 7) is 5.32. The minimum atomic E-state index is 0.0913. The molecule has 1 saturated carbocycles. The fourth-order valence-electron chi connectivity index (χ4n) is 8.73. The zero-order valence-electron chi connectivity index (χ0n) is 24.2. The van der Waals surface area contributed by atoms with Crippen molar-refractivity contribution in [3.63, 3.8) is 0 Å². The molecule has 2 nitrogen and oxygen atoms in total. The summed E-state index contributed by atoms with van der Waals surface area (Å²) >= 11 is 1.96. The lowest BCUT2D eigenvalue weighted by Crippen LogP contribution is -2.63. The standard InChI is InChI=1S/C38H33BN2S/c1-37-24-9-10-25-38(37,2)41-31-21-13-23-33-34(31)39(29-19-11-18-28(37)35(29)41)30-20-12-22-32(36(30)42-33)40(26-14-5-3-6-15-26)27-16-7-4-8-17-27/h3-8,11-23H,9-10,24-25H2,1-2H3. The van der Waals surface area contributed by atoms with E-state index in [1.54, 1.807) is 5.56 Å². The Labute approximate surface area is 253 Å². The van der Waals surface area contributed by atoms with Crippen LogP contribution in [0.5, 0.6) is 0 Å². The van der Waals surface area contributed by atoms with E-state index >= 15 is 0 Å². The molecule has 0 N–H and O–H groups in total. The van der Waals surface area contributed by atoms with Gasteiger partial charge in [-0.05, 0) is 78.7 Å². The van der Waals surface area contributed by atoms with Gasteiger partial charge in [-0.2, -0.15) is 0 Å². The molecule has 0 amide bonds. The first-order valence-corrected chi connectivity index (χ1v) is 16.2. The molecule has 4 aliphatic rings. The van der Waals surface area contributed by atoms with Crippen LogP contribution in [0.25, 0.3) is 0 Å². The third-order valence-electron chi connectivity index (χ3n) is 10.9. The average molecular weight is 561 g/mol. The van der Waals surface area contributed by atoms with E-state index in [9.17, 15) is 0 Å². The van der Waals surface area contributed by atoms with Gasteiger partial charge in [-0.1, -0.05) is 110 Å². The second kappa shape index (κ2) is 8.81. The lowest BCUT2D eigenvalue weighted by Gasteiger charge is -2.52. The molecule has 5 aromatic carbocycles. The quantitative estimate of drug-likeness (QED) is 0.202. The summed E-state index contributed by atoms with van der Waals surface area (Å²) in [6, 6.07) is 42.9. The molecule has 2 atom stereocenters. The van der Waals surface area contributed by atoms with Crippen LogP contribution in [0, 0.1) is 0 Å². The van der Waals surface area contributed by atoms with E-state index in [1.807, 2.05) is 11.8 Å². The van der Waals surface area contributed by atoms with Crippen LogP contribution in [0.4, 0.5) is 28.4 Å². The van der Waals surface area contributed by atoms with Crippen molar-refractivity contribution < 1.29 is 0 Å².